The van der Waals surface area contributed by atoms with Gasteiger partial charge in [-0.25, -0.2) is 0 Å². The maximum atomic E-state index is 11.1. The van der Waals surface area contributed by atoms with E-state index in [0.717, 1.165) is 0 Å². The molecule has 2 heterocycles. The number of hydrogen-bond acceptors (Lipinski definition) is 5. The molecule has 0 aliphatic carbocycles. The maximum Gasteiger partial charge on any atom is 0.220 e. The van der Waals surface area contributed by atoms with Crippen LogP contribution in [0, 0.1) is 0 Å². The lowest BCUT2D eigenvalue weighted by Crippen LogP contribution is -2.48. The van der Waals surface area contributed by atoms with E-state index in [2.05, 4.69) is 5.32 Å². The van der Waals surface area contributed by atoms with Crippen LogP contribution in [0.5, 0.6) is 0 Å². The molecule has 3 N–H and O–H groups in total. The fraction of sp³-hybridized carbons (Fsp3) is 0.909. The molecule has 0 aromatic rings. The predicted molar refractivity (Wildman–Crippen MR) is 58.1 cm³/mol. The number of hydrogen-bond donors (Lipinski definition) is 3. The maximum absolute atomic E-state index is 11.1. The van der Waals surface area contributed by atoms with Crippen LogP contribution in [0.15, 0.2) is 0 Å². The van der Waals surface area contributed by atoms with Crippen LogP contribution in [-0.4, -0.2) is 52.9 Å². The van der Waals surface area contributed by atoms with Crippen molar-refractivity contribution in [2.45, 2.75) is 56.8 Å². The molecule has 2 saturated heterocycles. The van der Waals surface area contributed by atoms with E-state index in [9.17, 15) is 15.0 Å². The Labute approximate surface area is 99.9 Å². The van der Waals surface area contributed by atoms with Gasteiger partial charge in [0.25, 0.3) is 0 Å². The summed E-state index contributed by atoms with van der Waals surface area (Å²) < 4.78 is 11.1. The summed E-state index contributed by atoms with van der Waals surface area (Å²) >= 11 is 0. The number of carbonyl (C=O) groups excluding carboxylic acids is 1. The van der Waals surface area contributed by atoms with Crippen LogP contribution in [0.3, 0.4) is 0 Å². The predicted octanol–water partition coefficient (Wildman–Crippen LogP) is -0.862. The van der Waals surface area contributed by atoms with Gasteiger partial charge in [0.1, 0.15) is 18.3 Å². The zero-order valence-corrected chi connectivity index (χ0v) is 10.0. The second-order valence-electron chi connectivity index (χ2n) is 5.02. The van der Waals surface area contributed by atoms with Gasteiger partial charge in [-0.1, -0.05) is 0 Å². The highest BCUT2D eigenvalue weighted by Crippen LogP contribution is 2.31. The third-order valence-electron chi connectivity index (χ3n) is 3.18. The normalized spacial score (nSPS) is 38.1. The first-order valence-electron chi connectivity index (χ1n) is 5.87. The SMILES string of the molecule is CC1(C)O[C@H]([C@H](O)[C@@H]2CCC(=O)N2)[C@@H](CO)O1. The molecule has 0 aromatic carbocycles. The number of aliphatic hydroxyl groups excluding tert-OH is 2. The fourth-order valence-corrected chi connectivity index (χ4v) is 2.42. The van der Waals surface area contributed by atoms with Crippen LogP contribution < -0.4 is 5.32 Å². The Hall–Kier alpha value is -0.690. The Morgan fingerprint density at radius 2 is 2.24 bits per heavy atom. The van der Waals surface area contributed by atoms with Crippen molar-refractivity contribution in [1.29, 1.82) is 0 Å². The van der Waals surface area contributed by atoms with Gasteiger partial charge in [-0.05, 0) is 20.3 Å². The summed E-state index contributed by atoms with van der Waals surface area (Å²) in [5.41, 5.74) is 0. The number of ether oxygens (including phenoxy) is 2. The lowest BCUT2D eigenvalue weighted by molar-refractivity contribution is -0.158. The van der Waals surface area contributed by atoms with E-state index in [1.165, 1.54) is 0 Å². The van der Waals surface area contributed by atoms with E-state index in [1.807, 2.05) is 0 Å². The first kappa shape index (κ1) is 12.8. The van der Waals surface area contributed by atoms with Crippen molar-refractivity contribution in [3.63, 3.8) is 0 Å². The van der Waals surface area contributed by atoms with Crippen LogP contribution in [-0.2, 0) is 14.3 Å². The highest BCUT2D eigenvalue weighted by atomic mass is 16.8. The van der Waals surface area contributed by atoms with Gasteiger partial charge < -0.3 is 25.0 Å². The molecule has 0 spiro atoms. The standard InChI is InChI=1S/C11H19NO5/c1-11(2)16-7(5-13)10(17-11)9(15)6-3-4-8(14)12-6/h6-7,9-10,13,15H,3-5H2,1-2H3,(H,12,14)/t6-,7+,9+,10-/m0/s1. The molecule has 6 heteroatoms. The summed E-state index contributed by atoms with van der Waals surface area (Å²) in [5, 5.41) is 22.1. The van der Waals surface area contributed by atoms with E-state index in [-0.39, 0.29) is 18.6 Å². The Bertz CT molecular complexity index is 306. The molecule has 4 atom stereocenters. The number of amides is 1. The fourth-order valence-electron chi connectivity index (χ4n) is 2.42. The van der Waals surface area contributed by atoms with Gasteiger partial charge in [0.05, 0.1) is 12.6 Å². The number of carbonyl (C=O) groups is 1. The van der Waals surface area contributed by atoms with Gasteiger partial charge >= 0.3 is 0 Å². The van der Waals surface area contributed by atoms with Gasteiger partial charge in [-0.3, -0.25) is 4.79 Å². The summed E-state index contributed by atoms with van der Waals surface area (Å²) in [7, 11) is 0. The first-order chi connectivity index (χ1) is 7.93. The highest BCUT2D eigenvalue weighted by molar-refractivity contribution is 5.78. The van der Waals surface area contributed by atoms with E-state index in [0.29, 0.717) is 12.8 Å². The lowest BCUT2D eigenvalue weighted by Gasteiger charge is -2.26. The Morgan fingerprint density at radius 3 is 2.76 bits per heavy atom. The van der Waals surface area contributed by atoms with Crippen LogP contribution >= 0.6 is 0 Å². The van der Waals surface area contributed by atoms with Crippen molar-refractivity contribution in [3.05, 3.63) is 0 Å². The largest absolute Gasteiger partial charge is 0.394 e. The Morgan fingerprint density at radius 1 is 1.53 bits per heavy atom. The van der Waals surface area contributed by atoms with Crippen LogP contribution in [0.2, 0.25) is 0 Å². The molecule has 6 nitrogen and oxygen atoms in total. The van der Waals surface area contributed by atoms with Crippen molar-refractivity contribution in [1.82, 2.24) is 5.32 Å². The molecule has 98 valence electrons. The molecule has 2 fully saturated rings. The third kappa shape index (κ3) is 2.60. The molecule has 0 aromatic heterocycles. The minimum atomic E-state index is -0.861. The molecule has 0 radical (unpaired) electrons. The Kier molecular flexibility index (Phi) is 3.40. The second-order valence-corrected chi connectivity index (χ2v) is 5.02. The smallest absolute Gasteiger partial charge is 0.220 e. The number of rotatable bonds is 3. The van der Waals surface area contributed by atoms with Gasteiger partial charge in [0.2, 0.25) is 5.91 Å². The topological polar surface area (TPSA) is 88.0 Å². The minimum Gasteiger partial charge on any atom is -0.394 e. The third-order valence-corrected chi connectivity index (χ3v) is 3.18. The van der Waals surface area contributed by atoms with Crippen LogP contribution in [0.1, 0.15) is 26.7 Å². The summed E-state index contributed by atoms with van der Waals surface area (Å²) in [5.74, 6) is -0.880. The highest BCUT2D eigenvalue weighted by Gasteiger charge is 2.47. The van der Waals surface area contributed by atoms with E-state index >= 15 is 0 Å². The molecule has 2 aliphatic rings. The summed E-state index contributed by atoms with van der Waals surface area (Å²) in [6.45, 7) is 3.25. The summed E-state index contributed by atoms with van der Waals surface area (Å²) in [6, 6.07) is -0.320. The van der Waals surface area contributed by atoms with Crippen molar-refractivity contribution >= 4 is 5.91 Å². The van der Waals surface area contributed by atoms with E-state index < -0.39 is 24.1 Å². The summed E-state index contributed by atoms with van der Waals surface area (Å²) in [6.07, 6.45) is -1.03. The van der Waals surface area contributed by atoms with Crippen LogP contribution in [0.25, 0.3) is 0 Å². The van der Waals surface area contributed by atoms with Gasteiger partial charge in [-0.2, -0.15) is 0 Å². The van der Waals surface area contributed by atoms with Gasteiger partial charge in [0, 0.05) is 6.42 Å². The second kappa shape index (κ2) is 4.53. The Balaban J connectivity index is 2.03. The number of aliphatic hydroxyl groups is 2. The van der Waals surface area contributed by atoms with E-state index in [1.54, 1.807) is 13.8 Å². The average molecular weight is 245 g/mol. The van der Waals surface area contributed by atoms with E-state index in [4.69, 9.17) is 9.47 Å². The summed E-state index contributed by atoms with van der Waals surface area (Å²) in [4.78, 5) is 11.1. The molecule has 2 aliphatic heterocycles. The van der Waals surface area contributed by atoms with Gasteiger partial charge in [-0.15, -0.1) is 0 Å². The van der Waals surface area contributed by atoms with Crippen molar-refractivity contribution in [2.75, 3.05) is 6.61 Å². The quantitative estimate of drug-likeness (QED) is 0.602. The van der Waals surface area contributed by atoms with Crippen LogP contribution in [0.4, 0.5) is 0 Å². The zero-order valence-electron chi connectivity index (χ0n) is 10.0. The lowest BCUT2D eigenvalue weighted by atomic mass is 10.0. The molecule has 17 heavy (non-hydrogen) atoms. The molecule has 2 rings (SSSR count). The molecule has 0 unspecified atom stereocenters. The zero-order chi connectivity index (χ0) is 12.6. The van der Waals surface area contributed by atoms with Crippen molar-refractivity contribution in [2.24, 2.45) is 0 Å². The number of nitrogens with one attached hydrogen (secondary N) is 1. The average Bonchev–Trinajstić information content (AvgIpc) is 2.80. The van der Waals surface area contributed by atoms with Crippen molar-refractivity contribution in [3.8, 4) is 0 Å². The first-order valence-corrected chi connectivity index (χ1v) is 5.87. The molecule has 1 amide bonds. The molecular formula is C11H19NO5. The minimum absolute atomic E-state index is 0.0622. The molecular weight excluding hydrogens is 226 g/mol. The monoisotopic (exact) mass is 245 g/mol. The molecule has 0 bridgehead atoms. The molecule has 0 saturated carbocycles. The van der Waals surface area contributed by atoms with Gasteiger partial charge in [0.15, 0.2) is 5.79 Å². The van der Waals surface area contributed by atoms with Crippen molar-refractivity contribution < 1.29 is 24.5 Å².